The van der Waals surface area contributed by atoms with E-state index in [1.165, 1.54) is 6.07 Å². The van der Waals surface area contributed by atoms with Gasteiger partial charge in [-0.3, -0.25) is 15.2 Å². The van der Waals surface area contributed by atoms with E-state index in [0.717, 1.165) is 17.0 Å². The second-order valence-corrected chi connectivity index (χ2v) is 3.58. The molecule has 0 atom stereocenters. The van der Waals surface area contributed by atoms with Gasteiger partial charge in [0, 0.05) is 17.3 Å². The molecular formula is C11H11N3O2. The lowest BCUT2D eigenvalue weighted by Crippen LogP contribution is -1.92. The zero-order valence-electron chi connectivity index (χ0n) is 9.02. The van der Waals surface area contributed by atoms with Gasteiger partial charge in [-0.15, -0.1) is 0 Å². The molecule has 1 aromatic carbocycles. The van der Waals surface area contributed by atoms with Gasteiger partial charge in [0.25, 0.3) is 5.69 Å². The Morgan fingerprint density at radius 2 is 2.00 bits per heavy atom. The number of benzene rings is 1. The van der Waals surface area contributed by atoms with E-state index in [1.54, 1.807) is 18.2 Å². The first-order valence-electron chi connectivity index (χ1n) is 4.86. The van der Waals surface area contributed by atoms with E-state index in [4.69, 9.17) is 0 Å². The Morgan fingerprint density at radius 1 is 1.31 bits per heavy atom. The number of hydrogen-bond acceptors (Lipinski definition) is 3. The summed E-state index contributed by atoms with van der Waals surface area (Å²) in [6.45, 7) is 3.68. The molecular weight excluding hydrogens is 206 g/mol. The highest BCUT2D eigenvalue weighted by Gasteiger charge is 2.18. The fourth-order valence-electron chi connectivity index (χ4n) is 1.79. The number of nitrogens with zero attached hydrogens (tertiary/aromatic N) is 2. The number of aryl methyl sites for hydroxylation is 2. The Bertz CT molecular complexity index is 526. The van der Waals surface area contributed by atoms with Crippen molar-refractivity contribution >= 4 is 5.69 Å². The van der Waals surface area contributed by atoms with Gasteiger partial charge in [-0.25, -0.2) is 0 Å². The Kier molecular flexibility index (Phi) is 2.44. The molecule has 0 bridgehead atoms. The van der Waals surface area contributed by atoms with Crippen LogP contribution in [-0.4, -0.2) is 15.1 Å². The molecule has 82 valence electrons. The minimum Gasteiger partial charge on any atom is -0.282 e. The predicted molar refractivity (Wildman–Crippen MR) is 60.2 cm³/mol. The average molecular weight is 217 g/mol. The molecule has 0 aliphatic heterocycles. The van der Waals surface area contributed by atoms with E-state index in [-0.39, 0.29) is 10.6 Å². The third kappa shape index (κ3) is 1.56. The van der Waals surface area contributed by atoms with E-state index >= 15 is 0 Å². The van der Waals surface area contributed by atoms with E-state index in [1.807, 2.05) is 13.8 Å². The van der Waals surface area contributed by atoms with Crippen LogP contribution in [0.5, 0.6) is 0 Å². The Labute approximate surface area is 92.3 Å². The average Bonchev–Trinajstić information content (AvgIpc) is 2.58. The van der Waals surface area contributed by atoms with Gasteiger partial charge < -0.3 is 0 Å². The molecule has 0 aliphatic carbocycles. The zero-order chi connectivity index (χ0) is 11.7. The van der Waals surface area contributed by atoms with Crippen molar-refractivity contribution in [1.82, 2.24) is 10.2 Å². The first-order valence-corrected chi connectivity index (χ1v) is 4.86. The number of hydrogen-bond donors (Lipinski definition) is 1. The fraction of sp³-hybridized carbons (Fsp3) is 0.182. The van der Waals surface area contributed by atoms with Crippen molar-refractivity contribution in [3.63, 3.8) is 0 Å². The van der Waals surface area contributed by atoms with Crippen molar-refractivity contribution in [1.29, 1.82) is 0 Å². The molecule has 0 spiro atoms. The number of aromatic nitrogens is 2. The molecule has 0 aliphatic rings. The number of para-hydroxylation sites is 1. The van der Waals surface area contributed by atoms with Gasteiger partial charge in [0.15, 0.2) is 0 Å². The fourth-order valence-corrected chi connectivity index (χ4v) is 1.79. The maximum atomic E-state index is 10.9. The SMILES string of the molecule is Cc1n[nH]c(C)c1-c1ccccc1[N+](=O)[O-]. The summed E-state index contributed by atoms with van der Waals surface area (Å²) in [5, 5.41) is 17.8. The molecule has 0 saturated carbocycles. The molecule has 0 unspecified atom stereocenters. The van der Waals surface area contributed by atoms with E-state index in [2.05, 4.69) is 10.2 Å². The lowest BCUT2D eigenvalue weighted by Gasteiger charge is -2.02. The largest absolute Gasteiger partial charge is 0.282 e. The number of nitro benzene ring substituents is 1. The summed E-state index contributed by atoms with van der Waals surface area (Å²) in [6.07, 6.45) is 0. The molecule has 5 heteroatoms. The van der Waals surface area contributed by atoms with Crippen LogP contribution in [-0.2, 0) is 0 Å². The number of aromatic amines is 1. The van der Waals surface area contributed by atoms with Crippen LogP contribution in [0.4, 0.5) is 5.69 Å². The van der Waals surface area contributed by atoms with Gasteiger partial charge in [-0.2, -0.15) is 5.10 Å². The Morgan fingerprint density at radius 3 is 2.56 bits per heavy atom. The van der Waals surface area contributed by atoms with Crippen LogP contribution in [0.25, 0.3) is 11.1 Å². The van der Waals surface area contributed by atoms with E-state index in [0.29, 0.717) is 5.56 Å². The number of nitro groups is 1. The Hall–Kier alpha value is -2.17. The van der Waals surface area contributed by atoms with Crippen LogP contribution in [0.2, 0.25) is 0 Å². The summed E-state index contributed by atoms with van der Waals surface area (Å²) in [5.74, 6) is 0. The first-order chi connectivity index (χ1) is 7.61. The van der Waals surface area contributed by atoms with Crippen LogP contribution in [0.3, 0.4) is 0 Å². The number of nitrogens with one attached hydrogen (secondary N) is 1. The standard InChI is InChI=1S/C11H11N3O2/c1-7-11(8(2)13-12-7)9-5-3-4-6-10(9)14(15)16/h3-6H,1-2H3,(H,12,13). The summed E-state index contributed by atoms with van der Waals surface area (Å²) in [6, 6.07) is 6.69. The molecule has 1 aromatic heterocycles. The molecule has 0 saturated heterocycles. The lowest BCUT2D eigenvalue weighted by molar-refractivity contribution is -0.384. The number of H-pyrrole nitrogens is 1. The Balaban J connectivity index is 2.69. The second-order valence-electron chi connectivity index (χ2n) is 3.58. The smallest absolute Gasteiger partial charge is 0.277 e. The van der Waals surface area contributed by atoms with Crippen molar-refractivity contribution in [2.75, 3.05) is 0 Å². The van der Waals surface area contributed by atoms with Crippen LogP contribution >= 0.6 is 0 Å². The van der Waals surface area contributed by atoms with Crippen molar-refractivity contribution < 1.29 is 4.92 Å². The van der Waals surface area contributed by atoms with Gasteiger partial charge in [0.05, 0.1) is 16.2 Å². The topological polar surface area (TPSA) is 71.8 Å². The summed E-state index contributed by atoms with van der Waals surface area (Å²) in [5.41, 5.74) is 3.14. The third-order valence-corrected chi connectivity index (χ3v) is 2.50. The molecule has 1 N–H and O–H groups in total. The quantitative estimate of drug-likeness (QED) is 0.620. The van der Waals surface area contributed by atoms with Crippen molar-refractivity contribution in [3.05, 3.63) is 45.8 Å². The van der Waals surface area contributed by atoms with Gasteiger partial charge in [0.2, 0.25) is 0 Å². The predicted octanol–water partition coefficient (Wildman–Crippen LogP) is 2.60. The lowest BCUT2D eigenvalue weighted by atomic mass is 10.0. The molecule has 0 radical (unpaired) electrons. The minimum absolute atomic E-state index is 0.107. The number of rotatable bonds is 2. The highest BCUT2D eigenvalue weighted by Crippen LogP contribution is 2.32. The molecule has 16 heavy (non-hydrogen) atoms. The molecule has 0 fully saturated rings. The first kappa shape index (κ1) is 10.4. The molecule has 1 heterocycles. The van der Waals surface area contributed by atoms with E-state index < -0.39 is 0 Å². The van der Waals surface area contributed by atoms with Crippen LogP contribution in [0.15, 0.2) is 24.3 Å². The van der Waals surface area contributed by atoms with Crippen LogP contribution in [0.1, 0.15) is 11.4 Å². The molecule has 2 rings (SSSR count). The second kappa shape index (κ2) is 3.77. The minimum atomic E-state index is -0.374. The molecule has 0 amide bonds. The zero-order valence-corrected chi connectivity index (χ0v) is 9.02. The van der Waals surface area contributed by atoms with Crippen molar-refractivity contribution in [2.24, 2.45) is 0 Å². The van der Waals surface area contributed by atoms with E-state index in [9.17, 15) is 10.1 Å². The van der Waals surface area contributed by atoms with Crippen LogP contribution < -0.4 is 0 Å². The third-order valence-electron chi connectivity index (χ3n) is 2.50. The maximum Gasteiger partial charge on any atom is 0.277 e. The van der Waals surface area contributed by atoms with Gasteiger partial charge in [-0.05, 0) is 19.9 Å². The summed E-state index contributed by atoms with van der Waals surface area (Å²) >= 11 is 0. The van der Waals surface area contributed by atoms with Gasteiger partial charge in [-0.1, -0.05) is 12.1 Å². The monoisotopic (exact) mass is 217 g/mol. The van der Waals surface area contributed by atoms with Crippen molar-refractivity contribution in [3.8, 4) is 11.1 Å². The highest BCUT2D eigenvalue weighted by molar-refractivity contribution is 5.76. The molecule has 2 aromatic rings. The van der Waals surface area contributed by atoms with Crippen LogP contribution in [0, 0.1) is 24.0 Å². The normalized spacial score (nSPS) is 10.4. The molecule has 5 nitrogen and oxygen atoms in total. The van der Waals surface area contributed by atoms with Gasteiger partial charge >= 0.3 is 0 Å². The summed E-state index contributed by atoms with van der Waals surface area (Å²) in [7, 11) is 0. The maximum absolute atomic E-state index is 10.9. The van der Waals surface area contributed by atoms with Crippen molar-refractivity contribution in [2.45, 2.75) is 13.8 Å². The van der Waals surface area contributed by atoms with Gasteiger partial charge in [0.1, 0.15) is 0 Å². The summed E-state index contributed by atoms with van der Waals surface area (Å²) < 4.78 is 0. The highest BCUT2D eigenvalue weighted by atomic mass is 16.6. The summed E-state index contributed by atoms with van der Waals surface area (Å²) in [4.78, 5) is 10.5.